The summed E-state index contributed by atoms with van der Waals surface area (Å²) in [5.41, 5.74) is 0. The maximum atomic E-state index is 5.17. The Labute approximate surface area is 171 Å². The lowest BCUT2D eigenvalue weighted by Crippen LogP contribution is -2.43. The van der Waals surface area contributed by atoms with Gasteiger partial charge < -0.3 is 20.3 Å². The third-order valence-corrected chi connectivity index (χ3v) is 5.66. The number of hydrogen-bond donors (Lipinski definition) is 2. The molecule has 0 bridgehead atoms. The van der Waals surface area contributed by atoms with Crippen molar-refractivity contribution in [1.82, 2.24) is 15.5 Å². The van der Waals surface area contributed by atoms with Crippen LogP contribution in [0.25, 0.3) is 0 Å². The summed E-state index contributed by atoms with van der Waals surface area (Å²) in [5, 5.41) is 7.00. The maximum Gasteiger partial charge on any atom is 0.190 e. The van der Waals surface area contributed by atoms with Crippen LogP contribution in [0.15, 0.2) is 4.99 Å². The normalized spacial score (nSPS) is 20.5. The van der Waals surface area contributed by atoms with E-state index < -0.39 is 0 Å². The molecule has 1 heterocycles. The van der Waals surface area contributed by atoms with Crippen LogP contribution < -0.4 is 10.6 Å². The number of aliphatic imine (C=N–C) groups is 1. The molecule has 148 valence electrons. The van der Waals surface area contributed by atoms with Gasteiger partial charge >= 0.3 is 0 Å². The van der Waals surface area contributed by atoms with Gasteiger partial charge in [0.15, 0.2) is 5.96 Å². The quantitative estimate of drug-likeness (QED) is 0.237. The molecule has 1 saturated heterocycles. The van der Waals surface area contributed by atoms with E-state index in [0.29, 0.717) is 0 Å². The number of methoxy groups -OCH3 is 1. The van der Waals surface area contributed by atoms with Crippen LogP contribution in [0.4, 0.5) is 0 Å². The smallest absolute Gasteiger partial charge is 0.190 e. The summed E-state index contributed by atoms with van der Waals surface area (Å²) >= 11 is 0. The van der Waals surface area contributed by atoms with Crippen molar-refractivity contribution in [2.24, 2.45) is 16.8 Å². The zero-order valence-electron chi connectivity index (χ0n) is 16.3. The molecule has 0 aromatic carbocycles. The third-order valence-electron chi connectivity index (χ3n) is 5.66. The van der Waals surface area contributed by atoms with Gasteiger partial charge in [-0.1, -0.05) is 25.7 Å². The van der Waals surface area contributed by atoms with E-state index in [0.717, 1.165) is 44.0 Å². The first-order valence-electron chi connectivity index (χ1n) is 9.97. The molecule has 0 unspecified atom stereocenters. The molecule has 2 fully saturated rings. The number of nitrogens with one attached hydrogen (secondary N) is 2. The molecule has 0 atom stereocenters. The van der Waals surface area contributed by atoms with Gasteiger partial charge in [-0.15, -0.1) is 24.0 Å². The van der Waals surface area contributed by atoms with Crippen LogP contribution in [-0.2, 0) is 4.74 Å². The average Bonchev–Trinajstić information content (AvgIpc) is 3.13. The Kier molecular flexibility index (Phi) is 12.9. The van der Waals surface area contributed by atoms with Crippen molar-refractivity contribution in [2.75, 3.05) is 53.5 Å². The van der Waals surface area contributed by atoms with Crippen molar-refractivity contribution in [3.05, 3.63) is 0 Å². The highest BCUT2D eigenvalue weighted by atomic mass is 127. The largest absolute Gasteiger partial charge is 0.383 e. The summed E-state index contributed by atoms with van der Waals surface area (Å²) in [5.74, 6) is 2.73. The number of guanidine groups is 1. The van der Waals surface area contributed by atoms with Gasteiger partial charge in [0, 0.05) is 33.8 Å². The summed E-state index contributed by atoms with van der Waals surface area (Å²) in [6.45, 7) is 6.40. The monoisotopic (exact) mass is 466 g/mol. The zero-order chi connectivity index (χ0) is 17.0. The van der Waals surface area contributed by atoms with Crippen LogP contribution in [0.1, 0.15) is 51.4 Å². The first-order chi connectivity index (χ1) is 11.8. The molecule has 2 N–H and O–H groups in total. The average molecular weight is 466 g/mol. The standard InChI is InChI=1S/C19H38N4O.HI/c1-20-19(21-11-5-8-17-6-3-4-7-17)22-16-18-9-12-23(13-10-18)14-15-24-2;/h17-18H,3-16H2,1-2H3,(H2,20,21,22);1H. The van der Waals surface area contributed by atoms with Crippen molar-refractivity contribution in [2.45, 2.75) is 51.4 Å². The Balaban J connectivity index is 0.00000312. The van der Waals surface area contributed by atoms with Gasteiger partial charge in [0.25, 0.3) is 0 Å². The van der Waals surface area contributed by atoms with Gasteiger partial charge in [0.1, 0.15) is 0 Å². The second kappa shape index (κ2) is 14.0. The lowest BCUT2D eigenvalue weighted by atomic mass is 9.97. The first-order valence-corrected chi connectivity index (χ1v) is 9.97. The molecule has 25 heavy (non-hydrogen) atoms. The van der Waals surface area contributed by atoms with E-state index in [2.05, 4.69) is 20.5 Å². The van der Waals surface area contributed by atoms with Gasteiger partial charge in [0.05, 0.1) is 6.61 Å². The van der Waals surface area contributed by atoms with E-state index >= 15 is 0 Å². The third kappa shape index (κ3) is 9.43. The predicted octanol–water partition coefficient (Wildman–Crippen LogP) is 3.10. The Morgan fingerprint density at radius 3 is 2.44 bits per heavy atom. The minimum absolute atomic E-state index is 0. The van der Waals surface area contributed by atoms with E-state index in [1.54, 1.807) is 7.11 Å². The van der Waals surface area contributed by atoms with Gasteiger partial charge in [0.2, 0.25) is 0 Å². The van der Waals surface area contributed by atoms with Crippen LogP contribution in [0.3, 0.4) is 0 Å². The summed E-state index contributed by atoms with van der Waals surface area (Å²) in [4.78, 5) is 6.87. The van der Waals surface area contributed by atoms with Crippen LogP contribution >= 0.6 is 24.0 Å². The first kappa shape index (κ1) is 23.0. The summed E-state index contributed by atoms with van der Waals surface area (Å²) in [6.07, 6.45) is 11.0. The van der Waals surface area contributed by atoms with Gasteiger partial charge in [-0.25, -0.2) is 0 Å². The number of ether oxygens (including phenoxy) is 1. The molecule has 0 radical (unpaired) electrons. The molecule has 2 aliphatic rings. The molecule has 1 aliphatic carbocycles. The number of hydrogen-bond acceptors (Lipinski definition) is 3. The summed E-state index contributed by atoms with van der Waals surface area (Å²) < 4.78 is 5.17. The van der Waals surface area contributed by atoms with E-state index in [9.17, 15) is 0 Å². The van der Waals surface area contributed by atoms with Crippen molar-refractivity contribution in [3.8, 4) is 0 Å². The highest BCUT2D eigenvalue weighted by Crippen LogP contribution is 2.28. The fourth-order valence-electron chi connectivity index (χ4n) is 3.99. The Morgan fingerprint density at radius 1 is 1.08 bits per heavy atom. The minimum atomic E-state index is 0. The Hall–Kier alpha value is -0.0800. The SMILES string of the molecule is CN=C(NCCCC1CCCC1)NCC1CCN(CCOC)CC1.I. The van der Waals surface area contributed by atoms with Crippen molar-refractivity contribution < 1.29 is 4.74 Å². The second-order valence-electron chi connectivity index (χ2n) is 7.45. The highest BCUT2D eigenvalue weighted by Gasteiger charge is 2.19. The lowest BCUT2D eigenvalue weighted by molar-refractivity contribution is 0.121. The molecular formula is C19H39IN4O. The number of nitrogens with zero attached hydrogens (tertiary/aromatic N) is 2. The zero-order valence-corrected chi connectivity index (χ0v) is 18.6. The predicted molar refractivity (Wildman–Crippen MR) is 117 cm³/mol. The molecule has 1 saturated carbocycles. The van der Waals surface area contributed by atoms with Crippen LogP contribution in [0, 0.1) is 11.8 Å². The molecule has 0 aromatic heterocycles. The Bertz CT molecular complexity index is 353. The molecule has 5 nitrogen and oxygen atoms in total. The van der Waals surface area contributed by atoms with Crippen LogP contribution in [0.5, 0.6) is 0 Å². The maximum absolute atomic E-state index is 5.17. The molecule has 2 rings (SSSR count). The van der Waals surface area contributed by atoms with E-state index in [1.807, 2.05) is 7.05 Å². The van der Waals surface area contributed by atoms with Crippen LogP contribution in [0.2, 0.25) is 0 Å². The van der Waals surface area contributed by atoms with Crippen molar-refractivity contribution in [1.29, 1.82) is 0 Å². The summed E-state index contributed by atoms with van der Waals surface area (Å²) in [6, 6.07) is 0. The van der Waals surface area contributed by atoms with E-state index in [4.69, 9.17) is 4.74 Å². The van der Waals surface area contributed by atoms with Gasteiger partial charge in [-0.05, 0) is 50.6 Å². The van der Waals surface area contributed by atoms with Crippen molar-refractivity contribution >= 4 is 29.9 Å². The van der Waals surface area contributed by atoms with Gasteiger partial charge in [-0.3, -0.25) is 4.99 Å². The number of piperidine rings is 1. The van der Waals surface area contributed by atoms with Crippen molar-refractivity contribution in [3.63, 3.8) is 0 Å². The molecular weight excluding hydrogens is 427 g/mol. The molecule has 1 aliphatic heterocycles. The second-order valence-corrected chi connectivity index (χ2v) is 7.45. The topological polar surface area (TPSA) is 48.9 Å². The number of halogens is 1. The molecule has 0 spiro atoms. The van der Waals surface area contributed by atoms with Crippen LogP contribution in [-0.4, -0.2) is 64.3 Å². The fourth-order valence-corrected chi connectivity index (χ4v) is 3.99. The molecule has 0 aromatic rings. The number of likely N-dealkylation sites (tertiary alicyclic amines) is 1. The molecule has 0 amide bonds. The Morgan fingerprint density at radius 2 is 1.80 bits per heavy atom. The fraction of sp³-hybridized carbons (Fsp3) is 0.947. The lowest BCUT2D eigenvalue weighted by Gasteiger charge is -2.32. The van der Waals surface area contributed by atoms with E-state index in [1.165, 1.54) is 64.5 Å². The highest BCUT2D eigenvalue weighted by molar-refractivity contribution is 14.0. The molecule has 6 heteroatoms. The van der Waals surface area contributed by atoms with E-state index in [-0.39, 0.29) is 24.0 Å². The summed E-state index contributed by atoms with van der Waals surface area (Å²) in [7, 11) is 3.66. The minimum Gasteiger partial charge on any atom is -0.383 e. The number of rotatable bonds is 9. The van der Waals surface area contributed by atoms with Gasteiger partial charge in [-0.2, -0.15) is 0 Å².